The third kappa shape index (κ3) is 3.03. The summed E-state index contributed by atoms with van der Waals surface area (Å²) < 4.78 is 13.1. The third-order valence-corrected chi connectivity index (χ3v) is 4.74. The molecule has 1 aromatic rings. The van der Waals surface area contributed by atoms with Gasteiger partial charge in [0.2, 0.25) is 0 Å². The monoisotopic (exact) mass is 290 g/mol. The minimum absolute atomic E-state index is 0.286. The van der Waals surface area contributed by atoms with Crippen LogP contribution in [0.25, 0.3) is 0 Å². The average Bonchev–Trinajstić information content (AvgIpc) is 2.56. The van der Waals surface area contributed by atoms with Crippen molar-refractivity contribution in [2.75, 3.05) is 21.1 Å². The van der Waals surface area contributed by atoms with Gasteiger partial charge in [0, 0.05) is 5.56 Å². The second kappa shape index (κ2) is 5.11. The Hall–Kier alpha value is -0.835. The van der Waals surface area contributed by atoms with Crippen LogP contribution >= 0.6 is 0 Å². The Labute approximate surface area is 130 Å². The van der Waals surface area contributed by atoms with Gasteiger partial charge in [0.05, 0.1) is 32.3 Å². The lowest BCUT2D eigenvalue weighted by atomic mass is 9.78. The Morgan fingerprint density at radius 2 is 1.52 bits per heavy atom. The van der Waals surface area contributed by atoms with Crippen molar-refractivity contribution in [3.8, 4) is 0 Å². The Balaban J connectivity index is 2.39. The standard InChI is InChI=1S/C17H29BNO2/c1-9-13-10-11-14(12-15(13)19(6,7)8)18-20-16(2,3)17(4,5)21-18/h10-12H,9H2,1-8H3/q+1. The predicted molar refractivity (Wildman–Crippen MR) is 91.1 cm³/mol. The van der Waals surface area contributed by atoms with Crippen LogP contribution in [0.2, 0.25) is 0 Å². The van der Waals surface area contributed by atoms with Gasteiger partial charge in [-0.2, -0.15) is 0 Å². The van der Waals surface area contributed by atoms with Crippen LogP contribution in [0.15, 0.2) is 18.2 Å². The van der Waals surface area contributed by atoms with Crippen molar-refractivity contribution in [3.05, 3.63) is 23.8 Å². The van der Waals surface area contributed by atoms with Gasteiger partial charge in [-0.25, -0.2) is 0 Å². The van der Waals surface area contributed by atoms with Crippen molar-refractivity contribution in [1.29, 1.82) is 0 Å². The lowest BCUT2D eigenvalue weighted by molar-refractivity contribution is 0.00578. The van der Waals surface area contributed by atoms with Gasteiger partial charge in [0.15, 0.2) is 0 Å². The summed E-state index contributed by atoms with van der Waals surface area (Å²) in [6.07, 6.45) is 1.04. The number of benzene rings is 1. The zero-order chi connectivity index (χ0) is 16.1. The van der Waals surface area contributed by atoms with E-state index in [1.807, 2.05) is 0 Å². The average molecular weight is 290 g/mol. The topological polar surface area (TPSA) is 18.5 Å². The Kier molecular flexibility index (Phi) is 4.03. The Morgan fingerprint density at radius 1 is 1.00 bits per heavy atom. The molecule has 0 aromatic heterocycles. The van der Waals surface area contributed by atoms with Gasteiger partial charge in [-0.3, -0.25) is 4.48 Å². The summed E-state index contributed by atoms with van der Waals surface area (Å²) in [7, 11) is 6.30. The first kappa shape index (κ1) is 16.5. The van der Waals surface area contributed by atoms with Crippen molar-refractivity contribution in [1.82, 2.24) is 4.48 Å². The molecule has 1 saturated heterocycles. The predicted octanol–water partition coefficient (Wildman–Crippen LogP) is 2.74. The van der Waals surface area contributed by atoms with Gasteiger partial charge >= 0.3 is 7.12 Å². The van der Waals surface area contributed by atoms with Crippen LogP contribution in [0, 0.1) is 0 Å². The van der Waals surface area contributed by atoms with Crippen LogP contribution in [-0.2, 0) is 15.7 Å². The lowest BCUT2D eigenvalue weighted by Gasteiger charge is -2.32. The molecule has 4 heteroatoms. The Bertz CT molecular complexity index is 516. The molecule has 116 valence electrons. The zero-order valence-corrected chi connectivity index (χ0v) is 14.8. The van der Waals surface area contributed by atoms with Crippen LogP contribution in [0.1, 0.15) is 40.2 Å². The van der Waals surface area contributed by atoms with Crippen molar-refractivity contribution in [3.63, 3.8) is 0 Å². The van der Waals surface area contributed by atoms with E-state index in [-0.39, 0.29) is 18.3 Å². The summed E-state index contributed by atoms with van der Waals surface area (Å²) in [5.74, 6) is 0. The van der Waals surface area contributed by atoms with E-state index in [0.29, 0.717) is 0 Å². The minimum atomic E-state index is -0.294. The molecule has 2 rings (SSSR count). The number of nitrogens with zero attached hydrogens (tertiary/aromatic N) is 1. The fraction of sp³-hybridized carbons (Fsp3) is 0.647. The molecular formula is C17H29BNO2+. The first-order chi connectivity index (χ1) is 9.48. The number of rotatable bonds is 3. The summed E-state index contributed by atoms with van der Waals surface area (Å²) in [6.45, 7) is 10.6. The van der Waals surface area contributed by atoms with Crippen LogP contribution in [0.3, 0.4) is 0 Å². The molecule has 0 N–H and O–H groups in total. The van der Waals surface area contributed by atoms with Gasteiger partial charge in [0.1, 0.15) is 5.69 Å². The van der Waals surface area contributed by atoms with E-state index in [1.165, 1.54) is 11.3 Å². The van der Waals surface area contributed by atoms with Gasteiger partial charge < -0.3 is 9.31 Å². The van der Waals surface area contributed by atoms with E-state index < -0.39 is 0 Å². The highest BCUT2D eigenvalue weighted by Gasteiger charge is 2.51. The quantitative estimate of drug-likeness (QED) is 0.629. The van der Waals surface area contributed by atoms with E-state index >= 15 is 0 Å². The summed E-state index contributed by atoms with van der Waals surface area (Å²) in [6, 6.07) is 6.58. The summed E-state index contributed by atoms with van der Waals surface area (Å²) in [5.41, 5.74) is 3.22. The SMILES string of the molecule is CCc1ccc(B2OC(C)(C)C(C)(C)O2)cc1[N+](C)(C)C. The molecule has 0 aliphatic carbocycles. The number of hydrogen-bond acceptors (Lipinski definition) is 2. The zero-order valence-electron chi connectivity index (χ0n) is 14.8. The van der Waals surface area contributed by atoms with Crippen molar-refractivity contribution in [2.45, 2.75) is 52.2 Å². The van der Waals surface area contributed by atoms with Gasteiger partial charge in [-0.15, -0.1) is 0 Å². The van der Waals surface area contributed by atoms with Crippen LogP contribution in [0.4, 0.5) is 5.69 Å². The molecular weight excluding hydrogens is 261 g/mol. The number of quaternary nitrogens is 1. The smallest absolute Gasteiger partial charge is 0.399 e. The number of hydrogen-bond donors (Lipinski definition) is 0. The van der Waals surface area contributed by atoms with E-state index in [2.05, 4.69) is 74.0 Å². The molecule has 0 saturated carbocycles. The van der Waals surface area contributed by atoms with Gasteiger partial charge in [0.25, 0.3) is 0 Å². The van der Waals surface area contributed by atoms with Crippen LogP contribution in [-0.4, -0.2) is 39.5 Å². The van der Waals surface area contributed by atoms with Crippen molar-refractivity contribution >= 4 is 18.3 Å². The van der Waals surface area contributed by atoms with Crippen LogP contribution in [0.5, 0.6) is 0 Å². The lowest BCUT2D eigenvalue weighted by Crippen LogP contribution is -2.41. The highest BCUT2D eigenvalue weighted by atomic mass is 16.7. The van der Waals surface area contributed by atoms with E-state index in [0.717, 1.165) is 16.4 Å². The minimum Gasteiger partial charge on any atom is -0.399 e. The molecule has 3 nitrogen and oxygen atoms in total. The second-order valence-corrected chi connectivity index (χ2v) is 7.84. The molecule has 0 radical (unpaired) electrons. The highest BCUT2D eigenvalue weighted by Crippen LogP contribution is 2.37. The molecule has 1 fully saturated rings. The molecule has 1 aromatic carbocycles. The largest absolute Gasteiger partial charge is 0.495 e. The Morgan fingerprint density at radius 3 is 1.95 bits per heavy atom. The van der Waals surface area contributed by atoms with E-state index in [9.17, 15) is 0 Å². The second-order valence-electron chi connectivity index (χ2n) is 7.84. The molecule has 0 spiro atoms. The van der Waals surface area contributed by atoms with E-state index in [1.54, 1.807) is 0 Å². The fourth-order valence-electron chi connectivity index (χ4n) is 2.63. The summed E-state index contributed by atoms with van der Waals surface area (Å²) in [5, 5.41) is 0. The maximum absolute atomic E-state index is 6.16. The molecule has 1 heterocycles. The molecule has 1 aliphatic rings. The summed E-state index contributed by atoms with van der Waals surface area (Å²) >= 11 is 0. The van der Waals surface area contributed by atoms with Crippen molar-refractivity contribution < 1.29 is 9.31 Å². The number of aryl methyl sites for hydroxylation is 1. The maximum Gasteiger partial charge on any atom is 0.495 e. The van der Waals surface area contributed by atoms with Gasteiger partial charge in [-0.05, 0) is 45.6 Å². The molecule has 0 bridgehead atoms. The third-order valence-electron chi connectivity index (χ3n) is 4.74. The first-order valence-corrected chi connectivity index (χ1v) is 7.78. The molecule has 1 aliphatic heterocycles. The molecule has 21 heavy (non-hydrogen) atoms. The van der Waals surface area contributed by atoms with Crippen molar-refractivity contribution in [2.24, 2.45) is 0 Å². The maximum atomic E-state index is 6.16. The normalized spacial score (nSPS) is 20.9. The highest BCUT2D eigenvalue weighted by molar-refractivity contribution is 6.62. The molecule has 0 unspecified atom stereocenters. The van der Waals surface area contributed by atoms with Crippen LogP contribution < -0.4 is 9.95 Å². The fourth-order valence-corrected chi connectivity index (χ4v) is 2.63. The van der Waals surface area contributed by atoms with E-state index in [4.69, 9.17) is 9.31 Å². The molecule has 0 atom stereocenters. The molecule has 0 amide bonds. The first-order valence-electron chi connectivity index (χ1n) is 7.78. The van der Waals surface area contributed by atoms with Gasteiger partial charge in [-0.1, -0.05) is 19.1 Å². The summed E-state index contributed by atoms with van der Waals surface area (Å²) in [4.78, 5) is 0.